The molecule has 0 aliphatic heterocycles. The van der Waals surface area contributed by atoms with Crippen molar-refractivity contribution in [2.24, 2.45) is 0 Å². The van der Waals surface area contributed by atoms with Crippen LogP contribution in [0.3, 0.4) is 0 Å². The molecule has 0 aromatic rings. The van der Waals surface area contributed by atoms with Gasteiger partial charge < -0.3 is 30.6 Å². The van der Waals surface area contributed by atoms with Gasteiger partial charge in [0.25, 0.3) is 0 Å². The van der Waals surface area contributed by atoms with E-state index in [0.717, 1.165) is 0 Å². The van der Waals surface area contributed by atoms with Crippen LogP contribution in [0.15, 0.2) is 0 Å². The van der Waals surface area contributed by atoms with Gasteiger partial charge in [-0.15, -0.1) is 0 Å². The quantitative estimate of drug-likeness (QED) is 0.193. The molecule has 0 rings (SSSR count). The molecule has 0 unspecified atom stereocenters. The first kappa shape index (κ1) is 14.9. The van der Waals surface area contributed by atoms with E-state index in [9.17, 15) is 9.59 Å². The predicted octanol–water partition coefficient (Wildman–Crippen LogP) is -4.13. The first-order valence-electron chi connectivity index (χ1n) is 2.50. The molecular weight excluding hydrogens is 183 g/mol. The summed E-state index contributed by atoms with van der Waals surface area (Å²) in [7, 11) is 0. The molecule has 0 radical (unpaired) electrons. The van der Waals surface area contributed by atoms with Crippen LogP contribution in [0.5, 0.6) is 0 Å². The van der Waals surface area contributed by atoms with Gasteiger partial charge in [0.05, 0.1) is 0 Å². The van der Waals surface area contributed by atoms with Gasteiger partial charge in [-0.3, -0.25) is 0 Å². The Hall–Kier alpha value is -0.623. The summed E-state index contributed by atoms with van der Waals surface area (Å²) in [6.07, 6.45) is 0. The van der Waals surface area contributed by atoms with Crippen LogP contribution in [0, 0.1) is 0 Å². The van der Waals surface area contributed by atoms with Crippen LogP contribution in [0.25, 0.3) is 0 Å². The second kappa shape index (κ2) is 4.06. The van der Waals surface area contributed by atoms with Gasteiger partial charge in [0.2, 0.25) is 0 Å². The Bertz CT molecular complexity index is 196. The van der Waals surface area contributed by atoms with Gasteiger partial charge >= 0.3 is 42.4 Å². The minimum atomic E-state index is -4.15. The molecule has 13 heavy (non-hydrogen) atoms. The van der Waals surface area contributed by atoms with Gasteiger partial charge in [-0.1, -0.05) is 0 Å². The van der Waals surface area contributed by atoms with Crippen LogP contribution in [-0.4, -0.2) is 73.0 Å². The molecule has 0 spiro atoms. The Morgan fingerprint density at radius 1 is 0.769 bits per heavy atom. The number of carboxylic acids is 2. The molecule has 0 aliphatic rings. The van der Waals surface area contributed by atoms with Crippen molar-refractivity contribution in [2.45, 2.75) is 11.6 Å². The van der Waals surface area contributed by atoms with E-state index >= 15 is 0 Å². The van der Waals surface area contributed by atoms with Gasteiger partial charge in [0.15, 0.2) is 0 Å². The van der Waals surface area contributed by atoms with E-state index in [-0.39, 0.29) is 18.9 Å². The fourth-order valence-electron chi connectivity index (χ4n) is 0.298. The van der Waals surface area contributed by atoms with Crippen LogP contribution in [0.2, 0.25) is 0 Å². The maximum atomic E-state index is 9.89. The van der Waals surface area contributed by atoms with Crippen LogP contribution in [-0.2, 0) is 9.59 Å². The minimum absolute atomic E-state index is 0. The van der Waals surface area contributed by atoms with Crippen molar-refractivity contribution in [3.05, 3.63) is 0 Å². The zero-order valence-corrected chi connectivity index (χ0v) is 5.50. The van der Waals surface area contributed by atoms with Crippen LogP contribution < -0.4 is 0 Å². The average Bonchev–Trinajstić information content (AvgIpc) is 1.86. The molecule has 0 aliphatic carbocycles. The van der Waals surface area contributed by atoms with E-state index in [1.807, 2.05) is 0 Å². The number of hydrogen-bond acceptors (Lipinski definition) is 6. The van der Waals surface area contributed by atoms with Crippen molar-refractivity contribution in [1.29, 1.82) is 0 Å². The second-order valence-electron chi connectivity index (χ2n) is 1.95. The molecule has 0 aromatic heterocycles. The van der Waals surface area contributed by atoms with Crippen molar-refractivity contribution in [3.8, 4) is 0 Å². The number of rotatable bonds is 3. The molecule has 6 N–H and O–H groups in total. The summed E-state index contributed by atoms with van der Waals surface area (Å²) in [6.45, 7) is 0. The van der Waals surface area contributed by atoms with Crippen molar-refractivity contribution in [1.82, 2.24) is 0 Å². The van der Waals surface area contributed by atoms with Gasteiger partial charge in [0, 0.05) is 0 Å². The Kier molecular flexibility index (Phi) is 4.64. The van der Waals surface area contributed by atoms with E-state index in [1.54, 1.807) is 0 Å². The molecule has 8 nitrogen and oxygen atoms in total. The Morgan fingerprint density at radius 3 is 1.00 bits per heavy atom. The molecule has 0 saturated carbocycles. The fraction of sp³-hybridized carbons (Fsp3) is 0.500. The number of aliphatic carboxylic acids is 2. The first-order valence-corrected chi connectivity index (χ1v) is 2.50. The Balaban J connectivity index is 0. The van der Waals surface area contributed by atoms with E-state index in [2.05, 4.69) is 0 Å². The van der Waals surface area contributed by atoms with E-state index in [1.165, 1.54) is 0 Å². The standard InChI is InChI=1S/C4H6O8.Li.H/c5-1(6)3(9,10)4(11,12)2(7)8;;/h9-12H,(H,5,6)(H,7,8);;. The molecule has 0 atom stereocenters. The molecule has 9 heteroatoms. The molecule has 0 aromatic carbocycles. The summed E-state index contributed by atoms with van der Waals surface area (Å²) >= 11 is 0. The maximum absolute atomic E-state index is 9.89. The van der Waals surface area contributed by atoms with Crippen molar-refractivity contribution in [2.75, 3.05) is 0 Å². The van der Waals surface area contributed by atoms with Gasteiger partial charge in [-0.2, -0.15) is 0 Å². The molecule has 0 fully saturated rings. The van der Waals surface area contributed by atoms with Crippen LogP contribution in [0.4, 0.5) is 0 Å². The molecule has 0 saturated heterocycles. The second-order valence-corrected chi connectivity index (χ2v) is 1.95. The fourth-order valence-corrected chi connectivity index (χ4v) is 0.298. The third-order valence-corrected chi connectivity index (χ3v) is 1.08. The Morgan fingerprint density at radius 2 is 0.923 bits per heavy atom. The van der Waals surface area contributed by atoms with Crippen LogP contribution in [0.1, 0.15) is 0 Å². The topological polar surface area (TPSA) is 156 Å². The third kappa shape index (κ3) is 2.41. The third-order valence-electron chi connectivity index (χ3n) is 1.08. The molecule has 0 bridgehead atoms. The van der Waals surface area contributed by atoms with Crippen molar-refractivity contribution < 1.29 is 40.2 Å². The molecule has 0 heterocycles. The average molecular weight is 190 g/mol. The van der Waals surface area contributed by atoms with Gasteiger partial charge in [-0.25, -0.2) is 9.59 Å². The number of carboxylic acid groups (broad SMARTS) is 2. The monoisotopic (exact) mass is 190 g/mol. The predicted molar refractivity (Wildman–Crippen MR) is 36.8 cm³/mol. The normalized spacial score (nSPS) is 11.7. The molecule has 0 amide bonds. The summed E-state index contributed by atoms with van der Waals surface area (Å²) in [4.78, 5) is 19.8. The SMILES string of the molecule is O=C(O)C(O)(O)C(O)(O)C(=O)O.[LiH]. The molecule has 72 valence electrons. The van der Waals surface area contributed by atoms with Crippen molar-refractivity contribution in [3.63, 3.8) is 0 Å². The Labute approximate surface area is 83.2 Å². The zero-order chi connectivity index (χ0) is 10.2. The summed E-state index contributed by atoms with van der Waals surface area (Å²) in [5.41, 5.74) is 0. The zero-order valence-electron chi connectivity index (χ0n) is 5.50. The van der Waals surface area contributed by atoms with Crippen molar-refractivity contribution >= 4 is 30.8 Å². The molecular formula is C4H7LiO8. The number of carbonyl (C=O) groups is 2. The van der Waals surface area contributed by atoms with Gasteiger partial charge in [-0.05, 0) is 0 Å². The summed E-state index contributed by atoms with van der Waals surface area (Å²) in [5, 5.41) is 49.3. The van der Waals surface area contributed by atoms with Crippen LogP contribution >= 0.6 is 0 Å². The van der Waals surface area contributed by atoms with E-state index in [0.29, 0.717) is 0 Å². The summed E-state index contributed by atoms with van der Waals surface area (Å²) in [5.74, 6) is -13.3. The summed E-state index contributed by atoms with van der Waals surface area (Å²) in [6, 6.07) is 0. The summed E-state index contributed by atoms with van der Waals surface area (Å²) < 4.78 is 0. The number of aliphatic hydroxyl groups is 4. The number of hydrogen-bond donors (Lipinski definition) is 6. The van der Waals surface area contributed by atoms with E-state index < -0.39 is 23.5 Å². The first-order chi connectivity index (χ1) is 5.14. The van der Waals surface area contributed by atoms with Gasteiger partial charge in [0.1, 0.15) is 0 Å². The van der Waals surface area contributed by atoms with E-state index in [4.69, 9.17) is 30.6 Å².